The Bertz CT molecular complexity index is 867. The van der Waals surface area contributed by atoms with Crippen LogP contribution in [0, 0.1) is 6.92 Å². The summed E-state index contributed by atoms with van der Waals surface area (Å²) in [5, 5.41) is 6.91. The first-order valence-corrected chi connectivity index (χ1v) is 9.42. The zero-order valence-corrected chi connectivity index (χ0v) is 15.9. The average molecular weight is 363 g/mol. The highest BCUT2D eigenvalue weighted by atomic mass is 16.5. The molecule has 0 aliphatic heterocycles. The summed E-state index contributed by atoms with van der Waals surface area (Å²) in [6.45, 7) is 4.21. The maximum absolute atomic E-state index is 12.2. The fourth-order valence-corrected chi connectivity index (χ4v) is 2.76. The molecule has 1 aromatic heterocycles. The van der Waals surface area contributed by atoms with E-state index < -0.39 is 0 Å². The Morgan fingerprint density at radius 1 is 1.04 bits per heavy atom. The number of carbonyl (C=O) groups excluding carboxylic acids is 1. The molecule has 0 saturated heterocycles. The summed E-state index contributed by atoms with van der Waals surface area (Å²) in [6, 6.07) is 16.0. The number of hydrogen-bond donors (Lipinski definition) is 1. The van der Waals surface area contributed by atoms with Crippen molar-refractivity contribution in [3.05, 3.63) is 65.5 Å². The summed E-state index contributed by atoms with van der Waals surface area (Å²) in [5.41, 5.74) is 4.19. The van der Waals surface area contributed by atoms with Gasteiger partial charge in [-0.3, -0.25) is 4.79 Å². The lowest BCUT2D eigenvalue weighted by molar-refractivity contribution is -0.116. The van der Waals surface area contributed by atoms with Crippen molar-refractivity contribution < 1.29 is 9.32 Å². The van der Waals surface area contributed by atoms with E-state index in [2.05, 4.69) is 34.5 Å². The molecule has 1 heterocycles. The van der Waals surface area contributed by atoms with Gasteiger partial charge in [0, 0.05) is 24.1 Å². The number of unbranched alkanes of at least 4 members (excludes halogenated alkanes) is 1. The molecule has 0 radical (unpaired) electrons. The number of nitrogens with zero attached hydrogens (tertiary/aromatic N) is 2. The van der Waals surface area contributed by atoms with Crippen molar-refractivity contribution in [2.24, 2.45) is 0 Å². The molecular formula is C22H25N3O2. The number of benzene rings is 2. The average Bonchev–Trinajstić information content (AvgIpc) is 3.15. The molecule has 1 N–H and O–H groups in total. The van der Waals surface area contributed by atoms with Crippen LogP contribution in [0.4, 0.5) is 5.69 Å². The quantitative estimate of drug-likeness (QED) is 0.614. The van der Waals surface area contributed by atoms with Crippen LogP contribution in [-0.2, 0) is 17.6 Å². The van der Waals surface area contributed by atoms with Crippen LogP contribution in [-0.4, -0.2) is 16.0 Å². The number of nitrogens with one attached hydrogen (secondary N) is 1. The number of rotatable bonds is 8. The Kier molecular flexibility index (Phi) is 6.36. The van der Waals surface area contributed by atoms with E-state index in [4.69, 9.17) is 4.52 Å². The fraction of sp³-hybridized carbons (Fsp3) is 0.318. The largest absolute Gasteiger partial charge is 0.339 e. The van der Waals surface area contributed by atoms with Crippen LogP contribution in [0.25, 0.3) is 11.4 Å². The van der Waals surface area contributed by atoms with Gasteiger partial charge in [0.2, 0.25) is 17.6 Å². The highest BCUT2D eigenvalue weighted by molar-refractivity contribution is 5.90. The van der Waals surface area contributed by atoms with Crippen molar-refractivity contribution in [2.75, 3.05) is 5.32 Å². The molecule has 0 fully saturated rings. The first-order valence-electron chi connectivity index (χ1n) is 9.42. The molecular weight excluding hydrogens is 338 g/mol. The van der Waals surface area contributed by atoms with E-state index in [1.807, 2.05) is 43.3 Å². The number of amides is 1. The van der Waals surface area contributed by atoms with Crippen molar-refractivity contribution in [1.82, 2.24) is 10.1 Å². The van der Waals surface area contributed by atoms with Crippen LogP contribution in [0.3, 0.4) is 0 Å². The summed E-state index contributed by atoms with van der Waals surface area (Å²) in [7, 11) is 0. The molecule has 140 valence electrons. The zero-order chi connectivity index (χ0) is 19.1. The Balaban J connectivity index is 1.50. The molecule has 0 spiro atoms. The van der Waals surface area contributed by atoms with E-state index >= 15 is 0 Å². The monoisotopic (exact) mass is 363 g/mol. The van der Waals surface area contributed by atoms with Gasteiger partial charge in [-0.05, 0) is 37.5 Å². The van der Waals surface area contributed by atoms with Gasteiger partial charge in [0.15, 0.2) is 0 Å². The molecule has 5 heteroatoms. The predicted octanol–water partition coefficient (Wildman–Crippen LogP) is 4.96. The molecule has 0 aliphatic rings. The summed E-state index contributed by atoms with van der Waals surface area (Å²) in [5.74, 6) is 0.954. The summed E-state index contributed by atoms with van der Waals surface area (Å²) < 4.78 is 5.26. The third-order valence-electron chi connectivity index (χ3n) is 4.40. The standard InChI is InChI=1S/C22H25N3O2/c1-3-4-5-17-8-12-19(13-9-17)23-20(26)14-15-21-24-22(25-27-21)18-10-6-16(2)7-11-18/h6-13H,3-5,14-15H2,1-2H3,(H,23,26). The minimum absolute atomic E-state index is 0.0635. The maximum Gasteiger partial charge on any atom is 0.227 e. The Morgan fingerprint density at radius 2 is 1.78 bits per heavy atom. The SMILES string of the molecule is CCCCc1ccc(NC(=O)CCc2nc(-c3ccc(C)cc3)no2)cc1. The second-order valence-corrected chi connectivity index (χ2v) is 6.73. The van der Waals surface area contributed by atoms with Gasteiger partial charge in [-0.15, -0.1) is 0 Å². The van der Waals surface area contributed by atoms with Gasteiger partial charge in [0.1, 0.15) is 0 Å². The summed E-state index contributed by atoms with van der Waals surface area (Å²) >= 11 is 0. The van der Waals surface area contributed by atoms with Crippen molar-refractivity contribution in [3.63, 3.8) is 0 Å². The third kappa shape index (κ3) is 5.51. The van der Waals surface area contributed by atoms with Crippen molar-refractivity contribution in [1.29, 1.82) is 0 Å². The smallest absolute Gasteiger partial charge is 0.227 e. The molecule has 1 amide bonds. The second-order valence-electron chi connectivity index (χ2n) is 6.73. The van der Waals surface area contributed by atoms with Crippen molar-refractivity contribution in [2.45, 2.75) is 46.0 Å². The van der Waals surface area contributed by atoms with Crippen LogP contribution in [0.2, 0.25) is 0 Å². The van der Waals surface area contributed by atoms with Crippen molar-refractivity contribution in [3.8, 4) is 11.4 Å². The van der Waals surface area contributed by atoms with E-state index in [-0.39, 0.29) is 5.91 Å². The van der Waals surface area contributed by atoms with Crippen LogP contribution < -0.4 is 5.32 Å². The third-order valence-corrected chi connectivity index (χ3v) is 4.40. The van der Waals surface area contributed by atoms with Crippen LogP contribution in [0.15, 0.2) is 53.1 Å². The highest BCUT2D eigenvalue weighted by Gasteiger charge is 2.11. The topological polar surface area (TPSA) is 68.0 Å². The van der Waals surface area contributed by atoms with E-state index in [0.29, 0.717) is 24.6 Å². The van der Waals surface area contributed by atoms with E-state index in [9.17, 15) is 4.79 Å². The van der Waals surface area contributed by atoms with E-state index in [0.717, 1.165) is 17.7 Å². The van der Waals surface area contributed by atoms with E-state index in [1.54, 1.807) is 0 Å². The Labute approximate surface area is 159 Å². The first kappa shape index (κ1) is 18.8. The minimum Gasteiger partial charge on any atom is -0.339 e. The van der Waals surface area contributed by atoms with E-state index in [1.165, 1.54) is 24.0 Å². The molecule has 0 aliphatic carbocycles. The van der Waals surface area contributed by atoms with Crippen LogP contribution >= 0.6 is 0 Å². The molecule has 3 aromatic rings. The molecule has 0 atom stereocenters. The molecule has 27 heavy (non-hydrogen) atoms. The zero-order valence-electron chi connectivity index (χ0n) is 15.9. The van der Waals surface area contributed by atoms with Gasteiger partial charge < -0.3 is 9.84 Å². The lowest BCUT2D eigenvalue weighted by atomic mass is 10.1. The Morgan fingerprint density at radius 3 is 2.48 bits per heavy atom. The number of aromatic nitrogens is 2. The number of anilines is 1. The number of hydrogen-bond acceptors (Lipinski definition) is 4. The van der Waals surface area contributed by atoms with Gasteiger partial charge in [0.05, 0.1) is 0 Å². The molecule has 0 bridgehead atoms. The normalized spacial score (nSPS) is 10.7. The van der Waals surface area contributed by atoms with Gasteiger partial charge >= 0.3 is 0 Å². The molecule has 0 unspecified atom stereocenters. The van der Waals surface area contributed by atoms with Crippen LogP contribution in [0.5, 0.6) is 0 Å². The molecule has 3 rings (SSSR count). The Hall–Kier alpha value is -2.95. The van der Waals surface area contributed by atoms with Gasteiger partial charge in [-0.2, -0.15) is 4.98 Å². The lowest BCUT2D eigenvalue weighted by Gasteiger charge is -2.06. The fourth-order valence-electron chi connectivity index (χ4n) is 2.76. The van der Waals surface area contributed by atoms with Gasteiger partial charge in [0.25, 0.3) is 0 Å². The molecule has 2 aromatic carbocycles. The summed E-state index contributed by atoms with van der Waals surface area (Å²) in [6.07, 6.45) is 4.15. The van der Waals surface area contributed by atoms with Crippen LogP contribution in [0.1, 0.15) is 43.2 Å². The van der Waals surface area contributed by atoms with Gasteiger partial charge in [-0.1, -0.05) is 60.5 Å². The minimum atomic E-state index is -0.0635. The molecule has 0 saturated carbocycles. The highest BCUT2D eigenvalue weighted by Crippen LogP contribution is 2.17. The summed E-state index contributed by atoms with van der Waals surface area (Å²) in [4.78, 5) is 16.5. The number of aryl methyl sites for hydroxylation is 3. The first-order chi connectivity index (χ1) is 13.1. The molecule has 5 nitrogen and oxygen atoms in total. The maximum atomic E-state index is 12.2. The van der Waals surface area contributed by atoms with Crippen molar-refractivity contribution >= 4 is 11.6 Å². The van der Waals surface area contributed by atoms with Gasteiger partial charge in [-0.25, -0.2) is 0 Å². The lowest BCUT2D eigenvalue weighted by Crippen LogP contribution is -2.12. The number of carbonyl (C=O) groups is 1. The second kappa shape index (κ2) is 9.12. The predicted molar refractivity (Wildman–Crippen MR) is 106 cm³/mol.